The average Bonchev–Trinajstić information content (AvgIpc) is 3.17. The van der Waals surface area contributed by atoms with Gasteiger partial charge in [0.1, 0.15) is 17.0 Å². The van der Waals surface area contributed by atoms with Gasteiger partial charge in [0.15, 0.2) is 23.7 Å². The summed E-state index contributed by atoms with van der Waals surface area (Å²) in [5.41, 5.74) is -2.02. The Morgan fingerprint density at radius 3 is 2.37 bits per heavy atom. The molecule has 11 heteroatoms. The summed E-state index contributed by atoms with van der Waals surface area (Å²) in [6.45, 7) is 12.3. The van der Waals surface area contributed by atoms with Gasteiger partial charge >= 0.3 is 18.3 Å². The van der Waals surface area contributed by atoms with Gasteiger partial charge in [-0.15, -0.1) is 0 Å². The number of benzene rings is 1. The van der Waals surface area contributed by atoms with Gasteiger partial charge in [0, 0.05) is 18.0 Å². The highest BCUT2D eigenvalue weighted by Gasteiger charge is 2.72. The van der Waals surface area contributed by atoms with Crippen molar-refractivity contribution in [2.24, 2.45) is 0 Å². The molecule has 2 aliphatic heterocycles. The summed E-state index contributed by atoms with van der Waals surface area (Å²) in [6.07, 6.45) is -1.05. The number of hydrogen-bond acceptors (Lipinski definition) is 11. The lowest BCUT2D eigenvalue weighted by Gasteiger charge is -2.61. The normalized spacial score (nSPS) is 28.9. The van der Waals surface area contributed by atoms with E-state index in [2.05, 4.69) is 4.90 Å². The van der Waals surface area contributed by atoms with Crippen LogP contribution in [0.5, 0.6) is 11.5 Å². The second-order valence-corrected chi connectivity index (χ2v) is 13.3. The molecule has 1 saturated heterocycles. The molecule has 1 N–H and O–H groups in total. The lowest BCUT2D eigenvalue weighted by molar-refractivity contribution is -0.172. The number of esters is 1. The molecule has 0 radical (unpaired) electrons. The number of likely N-dealkylation sites (N-methyl/N-ethyl adjacent to an activating group) is 1. The zero-order valence-corrected chi connectivity index (χ0v) is 24.9. The predicted molar refractivity (Wildman–Crippen MR) is 145 cm³/mol. The van der Waals surface area contributed by atoms with Gasteiger partial charge in [0.05, 0.1) is 11.0 Å². The van der Waals surface area contributed by atoms with E-state index in [1.807, 2.05) is 13.1 Å². The van der Waals surface area contributed by atoms with Gasteiger partial charge in [-0.1, -0.05) is 6.07 Å². The van der Waals surface area contributed by atoms with Gasteiger partial charge in [0.2, 0.25) is 0 Å². The average molecular weight is 574 g/mol. The first-order valence-corrected chi connectivity index (χ1v) is 13.9. The molecule has 1 aromatic carbocycles. The molecule has 2 aliphatic carbocycles. The van der Waals surface area contributed by atoms with E-state index in [1.54, 1.807) is 53.7 Å². The molecule has 0 aromatic heterocycles. The lowest BCUT2D eigenvalue weighted by Crippen LogP contribution is -2.74. The van der Waals surface area contributed by atoms with Crippen molar-refractivity contribution in [3.63, 3.8) is 0 Å². The molecule has 1 fully saturated rings. The Bertz CT molecular complexity index is 1310. The fraction of sp³-hybridized carbons (Fsp3) is 0.633. The lowest BCUT2D eigenvalue weighted by atomic mass is 9.50. The van der Waals surface area contributed by atoms with Crippen molar-refractivity contribution in [1.29, 1.82) is 0 Å². The van der Waals surface area contributed by atoms with Gasteiger partial charge in [-0.05, 0) is 92.6 Å². The summed E-state index contributed by atoms with van der Waals surface area (Å²) in [4.78, 5) is 40.0. The maximum Gasteiger partial charge on any atom is 0.514 e. The molecule has 224 valence electrons. The maximum absolute atomic E-state index is 13.1. The molecule has 2 heterocycles. The third-order valence-electron chi connectivity index (χ3n) is 8.13. The van der Waals surface area contributed by atoms with Crippen molar-refractivity contribution in [2.45, 2.75) is 108 Å². The monoisotopic (exact) mass is 573 g/mol. The van der Waals surface area contributed by atoms with E-state index in [0.29, 0.717) is 25.1 Å². The van der Waals surface area contributed by atoms with Crippen LogP contribution in [0.25, 0.3) is 0 Å². The van der Waals surface area contributed by atoms with Crippen LogP contribution in [0.4, 0.5) is 9.59 Å². The first-order chi connectivity index (χ1) is 18.9. The van der Waals surface area contributed by atoms with Gasteiger partial charge in [-0.2, -0.15) is 0 Å². The summed E-state index contributed by atoms with van der Waals surface area (Å²) in [5.74, 6) is -0.125. The van der Waals surface area contributed by atoms with Crippen LogP contribution >= 0.6 is 0 Å². The largest absolute Gasteiger partial charge is 0.514 e. The van der Waals surface area contributed by atoms with E-state index >= 15 is 0 Å². The maximum atomic E-state index is 13.1. The molecule has 41 heavy (non-hydrogen) atoms. The minimum atomic E-state index is -1.26. The van der Waals surface area contributed by atoms with Gasteiger partial charge in [-0.25, -0.2) is 14.4 Å². The van der Waals surface area contributed by atoms with Crippen molar-refractivity contribution in [3.05, 3.63) is 35.1 Å². The Morgan fingerprint density at radius 2 is 1.71 bits per heavy atom. The van der Waals surface area contributed by atoms with Crippen LogP contribution in [0.3, 0.4) is 0 Å². The molecule has 4 aliphatic rings. The molecule has 11 nitrogen and oxygen atoms in total. The number of nitrogens with zero attached hydrogens (tertiary/aromatic N) is 1. The quantitative estimate of drug-likeness (QED) is 0.317. The Kier molecular flexibility index (Phi) is 6.85. The first kappa shape index (κ1) is 29.2. The molecule has 0 amide bonds. The van der Waals surface area contributed by atoms with E-state index in [4.69, 9.17) is 28.4 Å². The smallest absolute Gasteiger partial charge is 0.477 e. The molecule has 5 rings (SSSR count). The van der Waals surface area contributed by atoms with Gasteiger partial charge in [0.25, 0.3) is 0 Å². The fourth-order valence-electron chi connectivity index (χ4n) is 6.53. The van der Waals surface area contributed by atoms with Crippen LogP contribution in [0.15, 0.2) is 24.0 Å². The van der Waals surface area contributed by atoms with E-state index in [0.717, 1.165) is 11.1 Å². The van der Waals surface area contributed by atoms with E-state index in [-0.39, 0.29) is 24.0 Å². The number of aliphatic hydroxyl groups is 1. The number of ether oxygens (including phenoxy) is 6. The zero-order chi connectivity index (χ0) is 30.1. The van der Waals surface area contributed by atoms with Crippen molar-refractivity contribution < 1.29 is 47.9 Å². The third kappa shape index (κ3) is 4.92. The highest BCUT2D eigenvalue weighted by Crippen LogP contribution is 2.65. The van der Waals surface area contributed by atoms with Crippen molar-refractivity contribution >= 4 is 18.3 Å². The Labute approximate surface area is 239 Å². The SMILES string of the molecule is CC(OC(=O)OC(C)(C)C)C(=O)OC1=CCC2(O)C3Cc4ccc(OC(=O)OC(C)(C)C)c5c4C2(CCN3C)C1O5. The van der Waals surface area contributed by atoms with E-state index in [1.165, 1.54) is 6.92 Å². The summed E-state index contributed by atoms with van der Waals surface area (Å²) in [7, 11) is 1.99. The molecule has 5 atom stereocenters. The van der Waals surface area contributed by atoms with Crippen molar-refractivity contribution in [3.8, 4) is 11.5 Å². The highest BCUT2D eigenvalue weighted by atomic mass is 16.7. The van der Waals surface area contributed by atoms with Gasteiger partial charge in [-0.3, -0.25) is 0 Å². The predicted octanol–water partition coefficient (Wildman–Crippen LogP) is 4.16. The molecule has 1 aromatic rings. The van der Waals surface area contributed by atoms with Crippen LogP contribution in [-0.2, 0) is 35.6 Å². The third-order valence-corrected chi connectivity index (χ3v) is 8.13. The van der Waals surface area contributed by atoms with Crippen LogP contribution in [0.1, 0.15) is 72.4 Å². The van der Waals surface area contributed by atoms with E-state index in [9.17, 15) is 19.5 Å². The molecule has 2 bridgehead atoms. The molecule has 0 saturated carbocycles. The Balaban J connectivity index is 1.48. The topological polar surface area (TPSA) is 130 Å². The number of likely N-dealkylation sites (tertiary alicyclic amines) is 1. The van der Waals surface area contributed by atoms with Crippen LogP contribution in [-0.4, -0.2) is 76.9 Å². The summed E-state index contributed by atoms with van der Waals surface area (Å²) < 4.78 is 33.5. The molecular weight excluding hydrogens is 534 g/mol. The van der Waals surface area contributed by atoms with E-state index < -0.39 is 52.7 Å². The van der Waals surface area contributed by atoms with Crippen molar-refractivity contribution in [1.82, 2.24) is 4.90 Å². The zero-order valence-electron chi connectivity index (χ0n) is 24.9. The van der Waals surface area contributed by atoms with Crippen LogP contribution in [0, 0.1) is 0 Å². The molecule has 5 unspecified atom stereocenters. The van der Waals surface area contributed by atoms with Gasteiger partial charge < -0.3 is 38.4 Å². The summed E-state index contributed by atoms with van der Waals surface area (Å²) in [5, 5.41) is 12.4. The number of hydrogen-bond donors (Lipinski definition) is 1. The highest BCUT2D eigenvalue weighted by molar-refractivity contribution is 5.78. The van der Waals surface area contributed by atoms with Crippen LogP contribution < -0.4 is 9.47 Å². The standard InChI is InChI=1S/C30H39NO10/c1-16(36-25(33)40-27(2,3)4)24(32)37-19-11-12-30(35)20-15-17-9-10-18(38-26(34)41-28(5,6)7)22-21(17)29(30,23(19)39-22)13-14-31(20)8/h9-11,16,20,23,35H,12-15H2,1-8H3. The number of carbonyl (C=O) groups excluding carboxylic acids is 3. The summed E-state index contributed by atoms with van der Waals surface area (Å²) in [6, 6.07) is 3.35. The number of carbonyl (C=O) groups is 3. The second-order valence-electron chi connectivity index (χ2n) is 13.3. The Hall–Kier alpha value is -3.31. The molecular formula is C30H39NO10. The van der Waals surface area contributed by atoms with Crippen molar-refractivity contribution in [2.75, 3.05) is 13.6 Å². The van der Waals surface area contributed by atoms with Crippen LogP contribution in [0.2, 0.25) is 0 Å². The number of rotatable bonds is 4. The fourth-order valence-corrected chi connectivity index (χ4v) is 6.53. The minimum absolute atomic E-state index is 0.161. The number of piperidine rings is 1. The summed E-state index contributed by atoms with van der Waals surface area (Å²) >= 11 is 0. The Morgan fingerprint density at radius 1 is 1.05 bits per heavy atom. The second kappa shape index (κ2) is 9.62. The molecule has 1 spiro atoms. The minimum Gasteiger partial charge on any atom is -0.477 e. The first-order valence-electron chi connectivity index (χ1n) is 13.9.